The second-order valence-electron chi connectivity index (χ2n) is 7.01. The Morgan fingerprint density at radius 1 is 0.733 bits per heavy atom. The zero-order valence-corrected chi connectivity index (χ0v) is 21.6. The van der Waals surface area contributed by atoms with Crippen LogP contribution in [0.25, 0.3) is 0 Å². The molecule has 4 aliphatic carbocycles. The third-order valence-corrected chi connectivity index (χ3v) is 4.65. The molecule has 0 unspecified atom stereocenters. The maximum atomic E-state index is 3.33. The van der Waals surface area contributed by atoms with Gasteiger partial charge in [-0.1, -0.05) is 38.8 Å². The second-order valence-corrected chi connectivity index (χ2v) is 7.01. The fraction of sp³-hybridized carbons (Fsp3) is 0.222. The second kappa shape index (κ2) is 15.5. The number of allylic oxidation sites excluding steroid dienone is 16. The zero-order valence-electron chi connectivity index (χ0n) is 17.6. The Morgan fingerprint density at radius 3 is 1.53 bits per heavy atom. The van der Waals surface area contributed by atoms with Crippen LogP contribution in [0, 0.1) is 12.2 Å². The third-order valence-electron chi connectivity index (χ3n) is 4.65. The third kappa shape index (κ3) is 9.26. The molecule has 0 amide bonds. The van der Waals surface area contributed by atoms with Gasteiger partial charge in [0.05, 0.1) is 0 Å². The van der Waals surface area contributed by atoms with Crippen molar-refractivity contribution in [3.05, 3.63) is 125 Å². The Morgan fingerprint density at radius 2 is 1.17 bits per heavy atom. The molecule has 0 aliphatic heterocycles. The Hall–Kier alpha value is -1.27. The molecule has 156 valence electrons. The van der Waals surface area contributed by atoms with Crippen LogP contribution < -0.4 is 24.8 Å². The SMILES string of the molecule is CC1=[C-]C2=CC=CCCC2=C1.CC1=[C-]C2=CC=CCCC2=C1.[Cl-].[Cl-].[Zr+2].c1cc[cH-]c1. The molecule has 0 N–H and O–H groups in total. The van der Waals surface area contributed by atoms with E-state index in [0.717, 1.165) is 0 Å². The summed E-state index contributed by atoms with van der Waals surface area (Å²) < 4.78 is 0. The summed E-state index contributed by atoms with van der Waals surface area (Å²) >= 11 is 0. The van der Waals surface area contributed by atoms with Crippen LogP contribution in [0.4, 0.5) is 0 Å². The van der Waals surface area contributed by atoms with Crippen LogP contribution in [0.5, 0.6) is 0 Å². The Kier molecular flexibility index (Phi) is 14.9. The van der Waals surface area contributed by atoms with Crippen LogP contribution in [0.2, 0.25) is 0 Å². The van der Waals surface area contributed by atoms with Gasteiger partial charge in [-0.15, -0.1) is 47.6 Å². The number of hydrogen-bond donors (Lipinski definition) is 0. The molecular formula is C27H27Cl2Zr-3. The van der Waals surface area contributed by atoms with Crippen molar-refractivity contribution in [3.63, 3.8) is 0 Å². The molecular weight excluding hydrogens is 486 g/mol. The van der Waals surface area contributed by atoms with Crippen molar-refractivity contribution in [3.8, 4) is 0 Å². The summed E-state index contributed by atoms with van der Waals surface area (Å²) in [5, 5.41) is 0. The Balaban J connectivity index is 0.000000424. The van der Waals surface area contributed by atoms with Gasteiger partial charge in [0.1, 0.15) is 0 Å². The van der Waals surface area contributed by atoms with E-state index < -0.39 is 0 Å². The molecule has 1 aromatic rings. The molecule has 30 heavy (non-hydrogen) atoms. The molecule has 4 aliphatic rings. The number of halogens is 2. The minimum absolute atomic E-state index is 0. The molecule has 0 saturated carbocycles. The molecule has 1 aromatic carbocycles. The average molecular weight is 514 g/mol. The van der Waals surface area contributed by atoms with Crippen molar-refractivity contribution < 1.29 is 51.0 Å². The summed E-state index contributed by atoms with van der Waals surface area (Å²) in [6.45, 7) is 4.21. The van der Waals surface area contributed by atoms with Gasteiger partial charge in [0.15, 0.2) is 0 Å². The zero-order chi connectivity index (χ0) is 18.9. The van der Waals surface area contributed by atoms with E-state index in [2.05, 4.69) is 74.6 Å². The fourth-order valence-electron chi connectivity index (χ4n) is 3.37. The molecule has 0 atom stereocenters. The largest absolute Gasteiger partial charge is 2.00 e. The number of fused-ring (bicyclic) bond motifs is 2. The van der Waals surface area contributed by atoms with Crippen LogP contribution in [0.1, 0.15) is 39.5 Å². The van der Waals surface area contributed by atoms with E-state index in [9.17, 15) is 0 Å². The summed E-state index contributed by atoms with van der Waals surface area (Å²) in [5.41, 5.74) is 8.01. The van der Waals surface area contributed by atoms with E-state index in [0.29, 0.717) is 0 Å². The van der Waals surface area contributed by atoms with Crippen molar-refractivity contribution in [2.45, 2.75) is 39.5 Å². The minimum Gasteiger partial charge on any atom is -1.00 e. The quantitative estimate of drug-likeness (QED) is 0.459. The summed E-state index contributed by atoms with van der Waals surface area (Å²) in [6, 6.07) is 10.0. The standard InChI is InChI=1S/2C11H11.C5H5.2ClH.Zr/c2*1-9-7-10-5-3-2-4-6-11(10)8-9;1-2-4-5-3-1;;;/h2*2-3,5,8H,4,6H2,1H3;1-5H;2*1H;/q3*-1;;;+2/p-2. The van der Waals surface area contributed by atoms with E-state index in [1.807, 2.05) is 30.3 Å². The molecule has 0 aromatic heterocycles. The van der Waals surface area contributed by atoms with Crippen molar-refractivity contribution in [1.82, 2.24) is 0 Å². The van der Waals surface area contributed by atoms with E-state index in [1.54, 1.807) is 0 Å². The van der Waals surface area contributed by atoms with Crippen LogP contribution in [-0.4, -0.2) is 0 Å². The summed E-state index contributed by atoms with van der Waals surface area (Å²) in [5.74, 6) is 0. The van der Waals surface area contributed by atoms with Gasteiger partial charge >= 0.3 is 26.2 Å². The van der Waals surface area contributed by atoms with Crippen molar-refractivity contribution in [1.29, 1.82) is 0 Å². The van der Waals surface area contributed by atoms with Crippen molar-refractivity contribution in [2.24, 2.45) is 0 Å². The summed E-state index contributed by atoms with van der Waals surface area (Å²) in [7, 11) is 0. The molecule has 3 heteroatoms. The maximum absolute atomic E-state index is 3.33. The maximum Gasteiger partial charge on any atom is 2.00 e. The van der Waals surface area contributed by atoms with Gasteiger partial charge in [0.25, 0.3) is 0 Å². The number of rotatable bonds is 0. The van der Waals surface area contributed by atoms with Gasteiger partial charge in [-0.25, -0.2) is 12.1 Å². The molecule has 0 fully saturated rings. The summed E-state index contributed by atoms with van der Waals surface area (Å²) in [6.07, 6.45) is 28.8. The van der Waals surface area contributed by atoms with E-state index in [1.165, 1.54) is 59.1 Å². The first-order chi connectivity index (χ1) is 13.2. The van der Waals surface area contributed by atoms with Crippen molar-refractivity contribution in [2.75, 3.05) is 0 Å². The predicted molar refractivity (Wildman–Crippen MR) is 116 cm³/mol. The smallest absolute Gasteiger partial charge is 1.00 e. The van der Waals surface area contributed by atoms with Gasteiger partial charge in [0.2, 0.25) is 0 Å². The van der Waals surface area contributed by atoms with Crippen LogP contribution in [0.3, 0.4) is 0 Å². The normalized spacial score (nSPS) is 17.3. The van der Waals surface area contributed by atoms with E-state index >= 15 is 0 Å². The minimum atomic E-state index is 0. The van der Waals surface area contributed by atoms with Gasteiger partial charge < -0.3 is 24.8 Å². The number of hydrogen-bond acceptors (Lipinski definition) is 0. The van der Waals surface area contributed by atoms with Crippen LogP contribution in [0.15, 0.2) is 112 Å². The van der Waals surface area contributed by atoms with Crippen molar-refractivity contribution >= 4 is 0 Å². The molecule has 0 nitrogen and oxygen atoms in total. The Labute approximate surface area is 213 Å². The first-order valence-electron chi connectivity index (χ1n) is 9.76. The fourth-order valence-corrected chi connectivity index (χ4v) is 3.37. The molecule has 0 bridgehead atoms. The molecule has 5 rings (SSSR count). The molecule has 0 radical (unpaired) electrons. The predicted octanol–water partition coefficient (Wildman–Crippen LogP) is 1.32. The van der Waals surface area contributed by atoms with Gasteiger partial charge in [-0.2, -0.15) is 52.6 Å². The Bertz CT molecular complexity index is 806. The van der Waals surface area contributed by atoms with Crippen LogP contribution >= 0.6 is 0 Å². The van der Waals surface area contributed by atoms with Gasteiger partial charge in [-0.3, -0.25) is 0 Å². The van der Waals surface area contributed by atoms with Gasteiger partial charge in [0, 0.05) is 0 Å². The summed E-state index contributed by atoms with van der Waals surface area (Å²) in [4.78, 5) is 0. The first kappa shape index (κ1) is 28.7. The van der Waals surface area contributed by atoms with E-state index in [4.69, 9.17) is 0 Å². The average Bonchev–Trinajstić information content (AvgIpc) is 3.34. The van der Waals surface area contributed by atoms with Gasteiger partial charge in [-0.05, 0) is 12.8 Å². The molecule has 0 spiro atoms. The first-order valence-corrected chi connectivity index (χ1v) is 9.76. The molecule has 0 saturated heterocycles. The monoisotopic (exact) mass is 511 g/mol. The molecule has 0 heterocycles. The van der Waals surface area contributed by atoms with Crippen LogP contribution in [-0.2, 0) is 26.2 Å². The van der Waals surface area contributed by atoms with E-state index in [-0.39, 0.29) is 51.0 Å². The topological polar surface area (TPSA) is 0 Å².